The van der Waals surface area contributed by atoms with E-state index in [0.29, 0.717) is 33.9 Å². The second-order valence-electron chi connectivity index (χ2n) is 8.68. The molecule has 4 aromatic rings. The first-order chi connectivity index (χ1) is 15.6. The molecule has 2 bridgehead atoms. The van der Waals surface area contributed by atoms with Gasteiger partial charge in [-0.2, -0.15) is 0 Å². The fraction of sp³-hybridized carbons (Fsp3) is 0.304. The molecule has 3 N–H and O–H groups in total. The van der Waals surface area contributed by atoms with E-state index in [2.05, 4.69) is 25.2 Å². The third kappa shape index (κ3) is 3.04. The van der Waals surface area contributed by atoms with E-state index in [1.54, 1.807) is 6.07 Å². The van der Waals surface area contributed by atoms with E-state index in [0.717, 1.165) is 43.5 Å². The second kappa shape index (κ2) is 7.16. The van der Waals surface area contributed by atoms with Crippen LogP contribution in [0, 0.1) is 16.0 Å². The smallest absolute Gasteiger partial charge is 0.270 e. The highest BCUT2D eigenvalue weighted by atomic mass is 16.6. The summed E-state index contributed by atoms with van der Waals surface area (Å²) in [5.74, 6) is 0.959. The number of nitrogens with one attached hydrogen (secondary N) is 3. The fourth-order valence-corrected chi connectivity index (χ4v) is 5.16. The number of rotatable bonds is 4. The Labute approximate surface area is 182 Å². The van der Waals surface area contributed by atoms with Crippen molar-refractivity contribution in [3.63, 3.8) is 0 Å². The number of H-pyrrole nitrogens is 2. The van der Waals surface area contributed by atoms with Gasteiger partial charge in [0.05, 0.1) is 27.2 Å². The number of hydrogen-bond acceptors (Lipinski definition) is 6. The molecule has 0 radical (unpaired) electrons. The molecule has 0 saturated carbocycles. The lowest BCUT2D eigenvalue weighted by molar-refractivity contribution is -0.384. The van der Waals surface area contributed by atoms with E-state index in [1.165, 1.54) is 12.1 Å². The van der Waals surface area contributed by atoms with E-state index >= 15 is 0 Å². The van der Waals surface area contributed by atoms with Crippen LogP contribution in [-0.4, -0.2) is 50.5 Å². The Morgan fingerprint density at radius 2 is 1.91 bits per heavy atom. The zero-order valence-corrected chi connectivity index (χ0v) is 17.3. The fourth-order valence-electron chi connectivity index (χ4n) is 5.16. The van der Waals surface area contributed by atoms with Crippen molar-refractivity contribution in [2.24, 2.45) is 5.92 Å². The van der Waals surface area contributed by atoms with Crippen molar-refractivity contribution >= 4 is 33.3 Å². The van der Waals surface area contributed by atoms with Gasteiger partial charge in [0.15, 0.2) is 0 Å². The molecule has 3 saturated heterocycles. The SMILES string of the molecule is O=c1[nH]c2ccc([N+](=O)[O-])cc2c(N[C@@H]2CN3CCC2CC3)c1-c1nc2ccccc2[nH]1. The number of para-hydroxylation sites is 2. The summed E-state index contributed by atoms with van der Waals surface area (Å²) in [6.45, 7) is 3.09. The number of hydrogen-bond donors (Lipinski definition) is 3. The van der Waals surface area contributed by atoms with Crippen LogP contribution in [0.3, 0.4) is 0 Å². The lowest BCUT2D eigenvalue weighted by Crippen LogP contribution is -2.53. The number of fused-ring (bicyclic) bond motifs is 5. The maximum atomic E-state index is 13.3. The van der Waals surface area contributed by atoms with Gasteiger partial charge in [0.2, 0.25) is 0 Å². The summed E-state index contributed by atoms with van der Waals surface area (Å²) in [5, 5.41) is 15.7. The third-order valence-electron chi connectivity index (χ3n) is 6.82. The monoisotopic (exact) mass is 430 g/mol. The molecule has 3 aliphatic heterocycles. The molecular formula is C23H22N6O3. The molecule has 2 aromatic heterocycles. The van der Waals surface area contributed by atoms with Crippen LogP contribution in [0.1, 0.15) is 12.8 Å². The van der Waals surface area contributed by atoms with Crippen molar-refractivity contribution in [1.29, 1.82) is 0 Å². The van der Waals surface area contributed by atoms with Gasteiger partial charge in [0.25, 0.3) is 11.2 Å². The average Bonchev–Trinajstić information content (AvgIpc) is 3.23. The zero-order valence-electron chi connectivity index (χ0n) is 17.3. The highest BCUT2D eigenvalue weighted by Crippen LogP contribution is 2.36. The minimum Gasteiger partial charge on any atom is -0.379 e. The molecule has 0 unspecified atom stereocenters. The molecule has 7 rings (SSSR count). The number of pyridine rings is 1. The van der Waals surface area contributed by atoms with Gasteiger partial charge in [-0.25, -0.2) is 4.98 Å². The van der Waals surface area contributed by atoms with Crippen molar-refractivity contribution < 1.29 is 4.92 Å². The molecule has 1 atom stereocenters. The Kier molecular flexibility index (Phi) is 4.25. The van der Waals surface area contributed by atoms with Gasteiger partial charge < -0.3 is 20.2 Å². The summed E-state index contributed by atoms with van der Waals surface area (Å²) in [7, 11) is 0. The van der Waals surface area contributed by atoms with E-state index in [1.807, 2.05) is 24.3 Å². The van der Waals surface area contributed by atoms with Crippen LogP contribution in [-0.2, 0) is 0 Å². The van der Waals surface area contributed by atoms with Gasteiger partial charge in [-0.3, -0.25) is 14.9 Å². The molecule has 0 amide bonds. The number of nitro benzene ring substituents is 1. The number of anilines is 1. The topological polar surface area (TPSA) is 120 Å². The predicted molar refractivity (Wildman–Crippen MR) is 123 cm³/mol. The van der Waals surface area contributed by atoms with E-state index in [4.69, 9.17) is 0 Å². The van der Waals surface area contributed by atoms with Crippen molar-refractivity contribution in [1.82, 2.24) is 19.9 Å². The number of benzene rings is 2. The van der Waals surface area contributed by atoms with E-state index in [9.17, 15) is 14.9 Å². The van der Waals surface area contributed by atoms with Gasteiger partial charge in [-0.05, 0) is 50.0 Å². The Bertz CT molecular complexity index is 1380. The normalized spacial score (nSPS) is 22.4. The number of imidazole rings is 1. The molecule has 0 aliphatic carbocycles. The minimum atomic E-state index is -0.413. The minimum absolute atomic E-state index is 0.0166. The molecular weight excluding hydrogens is 408 g/mol. The van der Waals surface area contributed by atoms with Crippen molar-refractivity contribution in [3.8, 4) is 11.4 Å². The highest BCUT2D eigenvalue weighted by Gasteiger charge is 2.35. The van der Waals surface area contributed by atoms with Crippen molar-refractivity contribution in [2.45, 2.75) is 18.9 Å². The summed E-state index contributed by atoms with van der Waals surface area (Å²) in [4.78, 5) is 37.5. The molecule has 9 nitrogen and oxygen atoms in total. The molecule has 3 fully saturated rings. The largest absolute Gasteiger partial charge is 0.379 e. The van der Waals surface area contributed by atoms with Crippen LogP contribution < -0.4 is 10.9 Å². The van der Waals surface area contributed by atoms with Crippen LogP contribution in [0.25, 0.3) is 33.3 Å². The second-order valence-corrected chi connectivity index (χ2v) is 8.68. The molecule has 9 heteroatoms. The van der Waals surface area contributed by atoms with Gasteiger partial charge in [0.1, 0.15) is 11.4 Å². The van der Waals surface area contributed by atoms with Gasteiger partial charge in [0, 0.05) is 30.1 Å². The van der Waals surface area contributed by atoms with Crippen molar-refractivity contribution in [2.75, 3.05) is 25.0 Å². The summed E-state index contributed by atoms with van der Waals surface area (Å²) in [5.41, 5.74) is 2.83. The van der Waals surface area contributed by atoms with Gasteiger partial charge >= 0.3 is 0 Å². The quantitative estimate of drug-likeness (QED) is 0.337. The summed E-state index contributed by atoms with van der Waals surface area (Å²) < 4.78 is 0. The van der Waals surface area contributed by atoms with E-state index in [-0.39, 0.29) is 17.3 Å². The maximum absolute atomic E-state index is 13.3. The van der Waals surface area contributed by atoms with Gasteiger partial charge in [-0.1, -0.05) is 12.1 Å². The number of non-ortho nitro benzene ring substituents is 1. The molecule has 0 spiro atoms. The first-order valence-electron chi connectivity index (χ1n) is 10.9. The molecule has 3 aliphatic rings. The van der Waals surface area contributed by atoms with E-state index < -0.39 is 4.92 Å². The lowest BCUT2D eigenvalue weighted by atomic mass is 9.83. The summed E-state index contributed by atoms with van der Waals surface area (Å²) in [6, 6.07) is 12.3. The summed E-state index contributed by atoms with van der Waals surface area (Å²) in [6.07, 6.45) is 2.22. The Morgan fingerprint density at radius 1 is 1.09 bits per heavy atom. The number of piperidine rings is 3. The predicted octanol–water partition coefficient (Wildman–Crippen LogP) is 3.49. The average molecular weight is 430 g/mol. The number of nitrogens with zero attached hydrogens (tertiary/aromatic N) is 3. The van der Waals surface area contributed by atoms with Crippen LogP contribution in [0.2, 0.25) is 0 Å². The molecule has 2 aromatic carbocycles. The highest BCUT2D eigenvalue weighted by molar-refractivity contribution is 6.00. The zero-order chi connectivity index (χ0) is 21.8. The van der Waals surface area contributed by atoms with Crippen LogP contribution in [0.4, 0.5) is 11.4 Å². The van der Waals surface area contributed by atoms with Gasteiger partial charge in [-0.15, -0.1) is 0 Å². The first kappa shape index (κ1) is 19.0. The Hall–Kier alpha value is -3.72. The van der Waals surface area contributed by atoms with Crippen LogP contribution in [0.15, 0.2) is 47.3 Å². The number of aromatic amines is 2. The summed E-state index contributed by atoms with van der Waals surface area (Å²) >= 11 is 0. The van der Waals surface area contributed by atoms with Crippen LogP contribution >= 0.6 is 0 Å². The first-order valence-corrected chi connectivity index (χ1v) is 10.9. The molecule has 32 heavy (non-hydrogen) atoms. The lowest BCUT2D eigenvalue weighted by Gasteiger charge is -2.45. The Balaban J connectivity index is 1.58. The molecule has 5 heterocycles. The van der Waals surface area contributed by atoms with Crippen molar-refractivity contribution in [3.05, 3.63) is 62.9 Å². The Morgan fingerprint density at radius 3 is 2.62 bits per heavy atom. The number of aromatic nitrogens is 3. The number of nitro groups is 1. The standard InChI is InChI=1S/C23H22N6O3/c30-23-20(22-25-17-3-1-2-4-18(17)26-22)21(24-19-12-28-9-7-13(19)8-10-28)15-11-14(29(31)32)5-6-16(15)27-23/h1-6,11,13,19H,7-10,12H2,(H,25,26)(H2,24,27,30)/t19-/m1/s1. The van der Waals surface area contributed by atoms with Crippen LogP contribution in [0.5, 0.6) is 0 Å². The maximum Gasteiger partial charge on any atom is 0.270 e. The molecule has 162 valence electrons. The third-order valence-corrected chi connectivity index (χ3v) is 6.82.